The van der Waals surface area contributed by atoms with Gasteiger partial charge in [0.2, 0.25) is 0 Å². The summed E-state index contributed by atoms with van der Waals surface area (Å²) in [6.45, 7) is 2.62. The van der Waals surface area contributed by atoms with E-state index in [0.29, 0.717) is 11.3 Å². The zero-order valence-electron chi connectivity index (χ0n) is 12.2. The van der Waals surface area contributed by atoms with Crippen LogP contribution in [-0.2, 0) is 0 Å². The number of aryl methyl sites for hydroxylation is 1. The molecule has 1 saturated heterocycles. The molecule has 0 saturated carbocycles. The highest BCUT2D eigenvalue weighted by molar-refractivity contribution is 5.95. The number of benzene rings is 1. The Labute approximate surface area is 123 Å². The second-order valence-electron chi connectivity index (χ2n) is 5.26. The molecule has 1 unspecified atom stereocenters. The summed E-state index contributed by atoms with van der Waals surface area (Å²) in [5.41, 5.74) is 1.48. The van der Waals surface area contributed by atoms with E-state index in [4.69, 9.17) is 9.26 Å². The van der Waals surface area contributed by atoms with Crippen molar-refractivity contribution in [2.75, 3.05) is 13.7 Å². The molecule has 1 atom stereocenters. The van der Waals surface area contributed by atoms with Crippen molar-refractivity contribution in [2.45, 2.75) is 25.8 Å². The molecule has 1 aromatic carbocycles. The van der Waals surface area contributed by atoms with Crippen molar-refractivity contribution in [3.63, 3.8) is 0 Å². The van der Waals surface area contributed by atoms with Crippen LogP contribution in [0.15, 0.2) is 34.9 Å². The van der Waals surface area contributed by atoms with Crippen molar-refractivity contribution in [3.05, 3.63) is 47.3 Å². The number of amides is 1. The lowest BCUT2D eigenvalue weighted by atomic mass is 10.1. The number of hydrogen-bond acceptors (Lipinski definition) is 4. The highest BCUT2D eigenvalue weighted by Crippen LogP contribution is 2.33. The first-order valence-electron chi connectivity index (χ1n) is 7.07. The molecule has 1 amide bonds. The van der Waals surface area contributed by atoms with Crippen molar-refractivity contribution in [1.29, 1.82) is 0 Å². The Morgan fingerprint density at radius 2 is 2.29 bits per heavy atom. The molecule has 0 spiro atoms. The minimum Gasteiger partial charge on any atom is -0.497 e. The molecule has 5 nitrogen and oxygen atoms in total. The van der Waals surface area contributed by atoms with Crippen LogP contribution in [0.4, 0.5) is 0 Å². The third kappa shape index (κ3) is 2.63. The van der Waals surface area contributed by atoms with Crippen LogP contribution in [0.25, 0.3) is 0 Å². The van der Waals surface area contributed by atoms with Gasteiger partial charge in [-0.25, -0.2) is 0 Å². The maximum absolute atomic E-state index is 12.7. The second kappa shape index (κ2) is 5.60. The van der Waals surface area contributed by atoms with Gasteiger partial charge in [-0.05, 0) is 38.0 Å². The normalized spacial score (nSPS) is 18.0. The lowest BCUT2D eigenvalue weighted by Gasteiger charge is -2.22. The summed E-state index contributed by atoms with van der Waals surface area (Å²) in [6, 6.07) is 9.12. The Bertz CT molecular complexity index is 650. The van der Waals surface area contributed by atoms with Gasteiger partial charge in [0.25, 0.3) is 5.91 Å². The molecule has 2 heterocycles. The number of nitrogens with zero attached hydrogens (tertiary/aromatic N) is 2. The van der Waals surface area contributed by atoms with Gasteiger partial charge in [-0.1, -0.05) is 11.2 Å². The summed E-state index contributed by atoms with van der Waals surface area (Å²) >= 11 is 0. The highest BCUT2D eigenvalue weighted by Gasteiger charge is 2.33. The van der Waals surface area contributed by atoms with E-state index in [9.17, 15) is 4.79 Å². The molecule has 0 aliphatic carbocycles. The molecule has 1 aliphatic rings. The van der Waals surface area contributed by atoms with Crippen LogP contribution in [0.5, 0.6) is 5.75 Å². The smallest absolute Gasteiger partial charge is 0.254 e. The zero-order chi connectivity index (χ0) is 14.8. The molecular weight excluding hydrogens is 268 g/mol. The van der Waals surface area contributed by atoms with Gasteiger partial charge in [-0.15, -0.1) is 0 Å². The highest BCUT2D eigenvalue weighted by atomic mass is 16.5. The number of ether oxygens (including phenoxy) is 1. The summed E-state index contributed by atoms with van der Waals surface area (Å²) in [7, 11) is 1.60. The van der Waals surface area contributed by atoms with Crippen molar-refractivity contribution in [1.82, 2.24) is 10.1 Å². The molecule has 5 heteroatoms. The Hall–Kier alpha value is -2.30. The average Bonchev–Trinajstić information content (AvgIpc) is 3.15. The molecule has 110 valence electrons. The molecule has 1 aliphatic heterocycles. The molecule has 1 fully saturated rings. The standard InChI is InChI=1S/C16H18N2O3/c1-11-9-15(21-17-11)14-7-4-8-18(14)16(19)12-5-3-6-13(10-12)20-2/h3,5-6,9-10,14H,4,7-8H2,1-2H3. The third-order valence-electron chi connectivity index (χ3n) is 3.80. The van der Waals surface area contributed by atoms with Crippen molar-refractivity contribution >= 4 is 5.91 Å². The molecular formula is C16H18N2O3. The van der Waals surface area contributed by atoms with Gasteiger partial charge in [-0.3, -0.25) is 4.79 Å². The number of hydrogen-bond donors (Lipinski definition) is 0. The van der Waals surface area contributed by atoms with Crippen molar-refractivity contribution < 1.29 is 14.1 Å². The summed E-state index contributed by atoms with van der Waals surface area (Å²) in [4.78, 5) is 14.6. The number of rotatable bonds is 3. The maximum atomic E-state index is 12.7. The van der Waals surface area contributed by atoms with Crippen LogP contribution in [-0.4, -0.2) is 29.6 Å². The minimum absolute atomic E-state index is 0.00505. The van der Waals surface area contributed by atoms with Crippen LogP contribution in [0.3, 0.4) is 0 Å². The average molecular weight is 286 g/mol. The molecule has 0 bridgehead atoms. The summed E-state index contributed by atoms with van der Waals surface area (Å²) in [5, 5.41) is 3.92. The summed E-state index contributed by atoms with van der Waals surface area (Å²) < 4.78 is 10.5. The molecule has 1 aromatic heterocycles. The van der Waals surface area contributed by atoms with E-state index in [1.807, 2.05) is 36.1 Å². The van der Waals surface area contributed by atoms with E-state index in [2.05, 4.69) is 5.16 Å². The van der Waals surface area contributed by atoms with Gasteiger partial charge in [0, 0.05) is 18.2 Å². The predicted molar refractivity (Wildman–Crippen MR) is 77.2 cm³/mol. The topological polar surface area (TPSA) is 55.6 Å². The number of likely N-dealkylation sites (tertiary alicyclic amines) is 1. The lowest BCUT2D eigenvalue weighted by Crippen LogP contribution is -2.30. The summed E-state index contributed by atoms with van der Waals surface area (Å²) in [6.07, 6.45) is 1.88. The predicted octanol–water partition coefficient (Wildman–Crippen LogP) is 2.97. The van der Waals surface area contributed by atoms with Crippen molar-refractivity contribution in [2.24, 2.45) is 0 Å². The monoisotopic (exact) mass is 286 g/mol. The van der Waals surface area contributed by atoms with Crippen LogP contribution < -0.4 is 4.74 Å². The Kier molecular flexibility index (Phi) is 3.64. The quantitative estimate of drug-likeness (QED) is 0.870. The largest absolute Gasteiger partial charge is 0.497 e. The molecule has 0 radical (unpaired) electrons. The fourth-order valence-corrected chi connectivity index (χ4v) is 2.77. The van der Waals surface area contributed by atoms with Gasteiger partial charge in [0.15, 0.2) is 5.76 Å². The Morgan fingerprint density at radius 3 is 3.00 bits per heavy atom. The maximum Gasteiger partial charge on any atom is 0.254 e. The van der Waals surface area contributed by atoms with E-state index >= 15 is 0 Å². The molecule has 3 rings (SSSR count). The van der Waals surface area contributed by atoms with Gasteiger partial charge in [-0.2, -0.15) is 0 Å². The fraction of sp³-hybridized carbons (Fsp3) is 0.375. The molecule has 0 N–H and O–H groups in total. The first kappa shape index (κ1) is 13.7. The van der Waals surface area contributed by atoms with E-state index in [0.717, 1.165) is 30.8 Å². The second-order valence-corrected chi connectivity index (χ2v) is 5.26. The van der Waals surface area contributed by atoms with E-state index in [1.165, 1.54) is 0 Å². The van der Waals surface area contributed by atoms with Crippen LogP contribution in [0, 0.1) is 6.92 Å². The first-order chi connectivity index (χ1) is 10.2. The first-order valence-corrected chi connectivity index (χ1v) is 7.07. The SMILES string of the molecule is COc1cccc(C(=O)N2CCCC2c2cc(C)no2)c1. The third-order valence-corrected chi connectivity index (χ3v) is 3.80. The summed E-state index contributed by atoms with van der Waals surface area (Å²) in [5.74, 6) is 1.46. The van der Waals surface area contributed by atoms with Gasteiger partial charge in [0.05, 0.1) is 18.8 Å². The van der Waals surface area contributed by atoms with Crippen LogP contribution in [0.2, 0.25) is 0 Å². The lowest BCUT2D eigenvalue weighted by molar-refractivity contribution is 0.0714. The Morgan fingerprint density at radius 1 is 1.43 bits per heavy atom. The van der Waals surface area contributed by atoms with Crippen molar-refractivity contribution in [3.8, 4) is 5.75 Å². The fourth-order valence-electron chi connectivity index (χ4n) is 2.77. The Balaban J connectivity index is 1.85. The van der Waals surface area contributed by atoms with Gasteiger partial charge in [0.1, 0.15) is 5.75 Å². The minimum atomic E-state index is -0.0232. The zero-order valence-corrected chi connectivity index (χ0v) is 12.2. The number of carbonyl (C=O) groups excluding carboxylic acids is 1. The molecule has 21 heavy (non-hydrogen) atoms. The van der Waals surface area contributed by atoms with E-state index < -0.39 is 0 Å². The number of methoxy groups -OCH3 is 1. The molecule has 2 aromatic rings. The van der Waals surface area contributed by atoms with Gasteiger partial charge < -0.3 is 14.2 Å². The van der Waals surface area contributed by atoms with Crippen LogP contribution >= 0.6 is 0 Å². The van der Waals surface area contributed by atoms with E-state index in [1.54, 1.807) is 13.2 Å². The van der Waals surface area contributed by atoms with Crippen LogP contribution in [0.1, 0.15) is 40.7 Å². The number of carbonyl (C=O) groups is 1. The van der Waals surface area contributed by atoms with Gasteiger partial charge >= 0.3 is 0 Å². The van der Waals surface area contributed by atoms with E-state index in [-0.39, 0.29) is 11.9 Å². The number of aromatic nitrogens is 1.